The maximum atomic E-state index is 12.0. The molecule has 0 atom stereocenters. The number of primary sulfonamides is 1. The lowest BCUT2D eigenvalue weighted by molar-refractivity contribution is -0.120. The molecule has 2 aromatic rings. The van der Waals surface area contributed by atoms with Crippen molar-refractivity contribution in [1.82, 2.24) is 5.32 Å². The molecule has 0 heterocycles. The van der Waals surface area contributed by atoms with Crippen LogP contribution in [0, 0.1) is 0 Å². The maximum Gasteiger partial charge on any atom is 0.238 e. The molecule has 0 aliphatic rings. The number of carbonyl (C=O) groups is 1. The average Bonchev–Trinajstić information content (AvgIpc) is 2.63. The van der Waals surface area contributed by atoms with Gasteiger partial charge in [-0.1, -0.05) is 30.3 Å². The number of benzene rings is 2. The van der Waals surface area contributed by atoms with Crippen LogP contribution in [0.5, 0.6) is 0 Å². The largest absolute Gasteiger partial charge is 0.371 e. The summed E-state index contributed by atoms with van der Waals surface area (Å²) in [6.45, 7) is 4.07. The lowest BCUT2D eigenvalue weighted by Gasteiger charge is -2.22. The van der Waals surface area contributed by atoms with Gasteiger partial charge in [0.05, 0.1) is 4.90 Å². The molecular weight excluding hydrogens is 350 g/mol. The van der Waals surface area contributed by atoms with Crippen molar-refractivity contribution in [3.8, 4) is 0 Å². The van der Waals surface area contributed by atoms with Gasteiger partial charge in [-0.3, -0.25) is 4.79 Å². The van der Waals surface area contributed by atoms with Gasteiger partial charge in [-0.25, -0.2) is 13.6 Å². The number of hydrogen-bond donors (Lipinski definition) is 2. The van der Waals surface area contributed by atoms with E-state index in [0.717, 1.165) is 17.8 Å². The number of hydrogen-bond acceptors (Lipinski definition) is 4. The Bertz CT molecular complexity index is 806. The molecule has 0 saturated carbocycles. The molecule has 6 nitrogen and oxygen atoms in total. The number of nitrogens with zero attached hydrogens (tertiary/aromatic N) is 1. The predicted molar refractivity (Wildman–Crippen MR) is 103 cm³/mol. The minimum atomic E-state index is -3.67. The fourth-order valence-electron chi connectivity index (χ4n) is 2.63. The summed E-state index contributed by atoms with van der Waals surface area (Å²) in [5, 5.41) is 7.97. The lowest BCUT2D eigenvalue weighted by Crippen LogP contribution is -2.31. The van der Waals surface area contributed by atoms with Crippen LogP contribution >= 0.6 is 0 Å². The Labute approximate surface area is 155 Å². The zero-order chi connectivity index (χ0) is 19.0. The van der Waals surface area contributed by atoms with Crippen molar-refractivity contribution in [1.29, 1.82) is 0 Å². The summed E-state index contributed by atoms with van der Waals surface area (Å²) < 4.78 is 22.4. The van der Waals surface area contributed by atoms with Crippen LogP contribution in [0.3, 0.4) is 0 Å². The van der Waals surface area contributed by atoms with Crippen molar-refractivity contribution >= 4 is 21.6 Å². The number of rotatable bonds is 9. The van der Waals surface area contributed by atoms with E-state index < -0.39 is 10.0 Å². The smallest absolute Gasteiger partial charge is 0.238 e. The van der Waals surface area contributed by atoms with Crippen molar-refractivity contribution < 1.29 is 13.2 Å². The van der Waals surface area contributed by atoms with E-state index in [1.54, 1.807) is 12.1 Å². The summed E-state index contributed by atoms with van der Waals surface area (Å²) in [6, 6.07) is 16.4. The van der Waals surface area contributed by atoms with E-state index in [9.17, 15) is 13.2 Å². The second-order valence-corrected chi connectivity index (χ2v) is 7.52. The average molecular weight is 375 g/mol. The molecule has 3 N–H and O–H groups in total. The first-order valence-corrected chi connectivity index (χ1v) is 10.1. The molecule has 0 radical (unpaired) electrons. The van der Waals surface area contributed by atoms with Crippen LogP contribution in [0.2, 0.25) is 0 Å². The summed E-state index contributed by atoms with van der Waals surface area (Å²) in [4.78, 5) is 14.3. The van der Waals surface area contributed by atoms with Crippen molar-refractivity contribution in [3.05, 3.63) is 60.2 Å². The summed E-state index contributed by atoms with van der Waals surface area (Å²) in [5.41, 5.74) is 2.05. The van der Waals surface area contributed by atoms with Crippen LogP contribution in [0.15, 0.2) is 59.5 Å². The van der Waals surface area contributed by atoms with Crippen molar-refractivity contribution in [2.45, 2.75) is 24.7 Å². The van der Waals surface area contributed by atoms with Gasteiger partial charge in [-0.05, 0) is 43.2 Å². The number of amides is 1. The topological polar surface area (TPSA) is 92.5 Å². The summed E-state index contributed by atoms with van der Waals surface area (Å²) >= 11 is 0. The van der Waals surface area contributed by atoms with E-state index in [0.29, 0.717) is 25.9 Å². The first-order valence-electron chi connectivity index (χ1n) is 8.58. The third-order valence-electron chi connectivity index (χ3n) is 4.10. The highest BCUT2D eigenvalue weighted by Crippen LogP contribution is 2.13. The summed E-state index contributed by atoms with van der Waals surface area (Å²) in [6.07, 6.45) is 1.06. The number of nitrogens with two attached hydrogens (primary N) is 1. The van der Waals surface area contributed by atoms with Crippen LogP contribution in [0.4, 0.5) is 5.69 Å². The van der Waals surface area contributed by atoms with E-state index >= 15 is 0 Å². The molecule has 26 heavy (non-hydrogen) atoms. The number of nitrogens with one attached hydrogen (secondary N) is 1. The number of sulfonamides is 1. The quantitative estimate of drug-likeness (QED) is 0.700. The fourth-order valence-corrected chi connectivity index (χ4v) is 3.14. The third-order valence-corrected chi connectivity index (χ3v) is 5.03. The molecule has 0 aliphatic heterocycles. The van der Waals surface area contributed by atoms with Gasteiger partial charge in [0.25, 0.3) is 0 Å². The van der Waals surface area contributed by atoms with Crippen LogP contribution < -0.4 is 15.4 Å². The van der Waals surface area contributed by atoms with Crippen molar-refractivity contribution in [2.75, 3.05) is 24.5 Å². The van der Waals surface area contributed by atoms with E-state index in [1.165, 1.54) is 12.1 Å². The normalized spacial score (nSPS) is 11.2. The molecule has 1 amide bonds. The highest BCUT2D eigenvalue weighted by molar-refractivity contribution is 7.89. The molecule has 140 valence electrons. The molecule has 0 spiro atoms. The summed E-state index contributed by atoms with van der Waals surface area (Å²) in [7, 11) is -3.67. The molecule has 0 aliphatic carbocycles. The molecular formula is C19H25N3O3S. The first-order chi connectivity index (χ1) is 12.4. The van der Waals surface area contributed by atoms with Gasteiger partial charge in [0, 0.05) is 31.7 Å². The Balaban J connectivity index is 1.75. The van der Waals surface area contributed by atoms with Crippen molar-refractivity contribution in [3.63, 3.8) is 0 Å². The monoisotopic (exact) mass is 375 g/mol. The number of anilines is 1. The Hall–Kier alpha value is -2.38. The van der Waals surface area contributed by atoms with E-state index in [1.807, 2.05) is 30.3 Å². The van der Waals surface area contributed by atoms with Gasteiger partial charge in [0.2, 0.25) is 15.9 Å². The second-order valence-electron chi connectivity index (χ2n) is 5.95. The zero-order valence-corrected chi connectivity index (χ0v) is 15.7. The Morgan fingerprint density at radius 3 is 2.31 bits per heavy atom. The Morgan fingerprint density at radius 2 is 1.73 bits per heavy atom. The highest BCUT2D eigenvalue weighted by Gasteiger charge is 2.08. The van der Waals surface area contributed by atoms with Gasteiger partial charge in [0.1, 0.15) is 0 Å². The molecule has 0 aromatic heterocycles. The predicted octanol–water partition coefficient (Wildman–Crippen LogP) is 1.91. The number of para-hydroxylation sites is 1. The number of carbonyl (C=O) groups excluding carboxylic acids is 1. The third kappa shape index (κ3) is 6.16. The Morgan fingerprint density at radius 1 is 1.08 bits per heavy atom. The Kier molecular flexibility index (Phi) is 7.17. The van der Waals surface area contributed by atoms with Gasteiger partial charge >= 0.3 is 0 Å². The first kappa shape index (κ1) is 19.9. The SMILES string of the molecule is CCN(CCC(=O)NCCc1ccc(S(N)(=O)=O)cc1)c1ccccc1. The minimum absolute atomic E-state index is 0.000497. The van der Waals surface area contributed by atoms with Gasteiger partial charge in [0.15, 0.2) is 0 Å². The molecule has 0 bridgehead atoms. The molecule has 0 saturated heterocycles. The van der Waals surface area contributed by atoms with Crippen LogP contribution in [0.25, 0.3) is 0 Å². The molecule has 2 aromatic carbocycles. The van der Waals surface area contributed by atoms with Gasteiger partial charge < -0.3 is 10.2 Å². The van der Waals surface area contributed by atoms with Crippen LogP contribution in [0.1, 0.15) is 18.9 Å². The summed E-state index contributed by atoms with van der Waals surface area (Å²) in [5.74, 6) is 0.000497. The molecule has 0 fully saturated rings. The lowest BCUT2D eigenvalue weighted by atomic mass is 10.1. The van der Waals surface area contributed by atoms with Gasteiger partial charge in [-0.2, -0.15) is 0 Å². The highest BCUT2D eigenvalue weighted by atomic mass is 32.2. The van der Waals surface area contributed by atoms with Crippen LogP contribution in [-0.2, 0) is 21.2 Å². The fraction of sp³-hybridized carbons (Fsp3) is 0.316. The second kappa shape index (κ2) is 9.35. The molecule has 2 rings (SSSR count). The molecule has 7 heteroatoms. The molecule has 0 unspecified atom stereocenters. The maximum absolute atomic E-state index is 12.0. The zero-order valence-electron chi connectivity index (χ0n) is 14.9. The van der Waals surface area contributed by atoms with E-state index in [2.05, 4.69) is 17.1 Å². The minimum Gasteiger partial charge on any atom is -0.371 e. The standard InChI is InChI=1S/C19H25N3O3S/c1-2-22(17-6-4-3-5-7-17)15-13-19(23)21-14-12-16-8-10-18(11-9-16)26(20,24)25/h3-11H,2,12-15H2,1H3,(H,21,23)(H2,20,24,25). The van der Waals surface area contributed by atoms with E-state index in [4.69, 9.17) is 5.14 Å². The van der Waals surface area contributed by atoms with E-state index in [-0.39, 0.29) is 10.8 Å². The van der Waals surface area contributed by atoms with Crippen LogP contribution in [-0.4, -0.2) is 34.0 Å². The van der Waals surface area contributed by atoms with Crippen molar-refractivity contribution in [2.24, 2.45) is 5.14 Å². The van der Waals surface area contributed by atoms with Gasteiger partial charge in [-0.15, -0.1) is 0 Å².